The lowest BCUT2D eigenvalue weighted by atomic mass is 10.0. The number of aryl methyl sites for hydroxylation is 1. The molecule has 1 aliphatic heterocycles. The summed E-state index contributed by atoms with van der Waals surface area (Å²) < 4.78 is 12.9. The zero-order valence-electron chi connectivity index (χ0n) is 16.6. The molecule has 1 fully saturated rings. The van der Waals surface area contributed by atoms with Crippen molar-refractivity contribution in [1.29, 1.82) is 0 Å². The minimum atomic E-state index is -0.123. The summed E-state index contributed by atoms with van der Waals surface area (Å²) in [5, 5.41) is 15.4. The van der Waals surface area contributed by atoms with Crippen LogP contribution in [-0.2, 0) is 11.2 Å². The first-order chi connectivity index (χ1) is 13.5. The smallest absolute Gasteiger partial charge is 0.230 e. The van der Waals surface area contributed by atoms with Gasteiger partial charge < -0.3 is 14.6 Å². The van der Waals surface area contributed by atoms with Crippen LogP contribution in [-0.4, -0.2) is 57.0 Å². The molecular formula is C20H26N4O3S. The summed E-state index contributed by atoms with van der Waals surface area (Å²) >= 11 is 1.49. The lowest BCUT2D eigenvalue weighted by Crippen LogP contribution is -2.47. The maximum Gasteiger partial charge on any atom is 0.230 e. The molecule has 0 radical (unpaired) electrons. The molecule has 2 aromatic heterocycles. The van der Waals surface area contributed by atoms with Crippen LogP contribution in [0.1, 0.15) is 43.1 Å². The maximum absolute atomic E-state index is 11.0. The van der Waals surface area contributed by atoms with Crippen molar-refractivity contribution in [2.75, 3.05) is 20.2 Å². The van der Waals surface area contributed by atoms with Crippen LogP contribution in [0.3, 0.4) is 0 Å². The second-order valence-corrected chi connectivity index (χ2v) is 8.27. The monoisotopic (exact) mass is 402 g/mol. The fourth-order valence-corrected chi connectivity index (χ4v) is 5.02. The number of hydrogen-bond donors (Lipinski definition) is 1. The number of methoxy groups -OCH3 is 1. The summed E-state index contributed by atoms with van der Waals surface area (Å²) in [6.07, 6.45) is 0.974. The van der Waals surface area contributed by atoms with Gasteiger partial charge in [-0.05, 0) is 31.5 Å². The van der Waals surface area contributed by atoms with Gasteiger partial charge in [0.1, 0.15) is 5.75 Å². The Morgan fingerprint density at radius 3 is 2.71 bits per heavy atom. The highest BCUT2D eigenvalue weighted by Crippen LogP contribution is 2.41. The predicted molar refractivity (Wildman–Crippen MR) is 108 cm³/mol. The Kier molecular flexibility index (Phi) is 5.27. The Bertz CT molecular complexity index is 960. The topological polar surface area (TPSA) is 72.1 Å². The van der Waals surface area contributed by atoms with Crippen LogP contribution < -0.4 is 4.74 Å². The van der Waals surface area contributed by atoms with Crippen molar-refractivity contribution in [3.05, 3.63) is 40.5 Å². The second-order valence-electron chi connectivity index (χ2n) is 7.26. The van der Waals surface area contributed by atoms with E-state index >= 15 is 0 Å². The highest BCUT2D eigenvalue weighted by molar-refractivity contribution is 7.17. The Morgan fingerprint density at radius 2 is 2.07 bits per heavy atom. The lowest BCUT2D eigenvalue weighted by molar-refractivity contribution is -0.0764. The molecule has 8 heteroatoms. The third kappa shape index (κ3) is 3.47. The fraction of sp³-hybridized carbons (Fsp3) is 0.500. The molecule has 1 aromatic carbocycles. The number of benzene rings is 1. The number of ether oxygens (including phenoxy) is 2. The van der Waals surface area contributed by atoms with Crippen LogP contribution in [0.15, 0.2) is 24.3 Å². The van der Waals surface area contributed by atoms with Crippen LogP contribution in [0, 0.1) is 0 Å². The first-order valence-corrected chi connectivity index (χ1v) is 10.4. The van der Waals surface area contributed by atoms with E-state index in [9.17, 15) is 5.11 Å². The van der Waals surface area contributed by atoms with Crippen LogP contribution in [0.4, 0.5) is 0 Å². The number of thiazole rings is 1. The zero-order valence-corrected chi connectivity index (χ0v) is 17.4. The Hall–Kier alpha value is -2.16. The van der Waals surface area contributed by atoms with Gasteiger partial charge in [-0.2, -0.15) is 4.52 Å². The second kappa shape index (κ2) is 7.69. The van der Waals surface area contributed by atoms with E-state index < -0.39 is 0 Å². The molecule has 28 heavy (non-hydrogen) atoms. The summed E-state index contributed by atoms with van der Waals surface area (Å²) in [5.74, 6) is 1.69. The molecule has 0 aliphatic carbocycles. The molecule has 1 aliphatic rings. The van der Waals surface area contributed by atoms with Gasteiger partial charge in [-0.1, -0.05) is 30.4 Å². The molecule has 0 spiro atoms. The van der Waals surface area contributed by atoms with E-state index in [1.54, 1.807) is 11.6 Å². The number of rotatable bonds is 5. The van der Waals surface area contributed by atoms with E-state index in [0.717, 1.165) is 41.5 Å². The molecule has 150 valence electrons. The minimum absolute atomic E-state index is 0.118. The van der Waals surface area contributed by atoms with Crippen molar-refractivity contribution in [2.24, 2.45) is 0 Å². The number of aromatic hydroxyl groups is 1. The SMILES string of the molecule is CCc1nc2sc([C@H](c3cccc(OC)c3)N3C[C@@H](C)O[C@H](C)C3)c(O)n2n1. The molecular weight excluding hydrogens is 376 g/mol. The summed E-state index contributed by atoms with van der Waals surface area (Å²) in [6.45, 7) is 7.73. The number of morpholine rings is 1. The predicted octanol–water partition coefficient (Wildman–Crippen LogP) is 3.27. The van der Waals surface area contributed by atoms with Crippen molar-refractivity contribution >= 4 is 16.3 Å². The zero-order chi connectivity index (χ0) is 19.8. The first kappa shape index (κ1) is 19.2. The van der Waals surface area contributed by atoms with E-state index in [2.05, 4.69) is 34.9 Å². The fourth-order valence-electron chi connectivity index (χ4n) is 3.89. The molecule has 3 heterocycles. The molecule has 0 bridgehead atoms. The van der Waals surface area contributed by atoms with E-state index in [-0.39, 0.29) is 24.1 Å². The van der Waals surface area contributed by atoms with Crippen molar-refractivity contribution in [3.63, 3.8) is 0 Å². The van der Waals surface area contributed by atoms with Crippen molar-refractivity contribution in [3.8, 4) is 11.6 Å². The number of aromatic nitrogens is 3. The highest BCUT2D eigenvalue weighted by Gasteiger charge is 2.34. The Labute approximate surface area is 168 Å². The molecule has 3 aromatic rings. The van der Waals surface area contributed by atoms with E-state index in [0.29, 0.717) is 4.96 Å². The number of nitrogens with zero attached hydrogens (tertiary/aromatic N) is 4. The average molecular weight is 403 g/mol. The molecule has 0 amide bonds. The van der Waals surface area contributed by atoms with Gasteiger partial charge in [-0.25, -0.2) is 4.98 Å². The maximum atomic E-state index is 11.0. The molecule has 1 N–H and O–H groups in total. The van der Waals surface area contributed by atoms with Gasteiger partial charge in [0, 0.05) is 19.5 Å². The normalized spacial score (nSPS) is 21.9. The van der Waals surface area contributed by atoms with Crippen LogP contribution in [0.5, 0.6) is 11.6 Å². The summed E-state index contributed by atoms with van der Waals surface area (Å²) in [5.41, 5.74) is 1.07. The van der Waals surface area contributed by atoms with Crippen molar-refractivity contribution < 1.29 is 14.6 Å². The first-order valence-electron chi connectivity index (χ1n) is 9.60. The van der Waals surface area contributed by atoms with Crippen LogP contribution in [0.25, 0.3) is 4.96 Å². The van der Waals surface area contributed by atoms with Crippen molar-refractivity contribution in [1.82, 2.24) is 19.5 Å². The lowest BCUT2D eigenvalue weighted by Gasteiger charge is -2.40. The van der Waals surface area contributed by atoms with E-state index in [1.165, 1.54) is 11.3 Å². The highest BCUT2D eigenvalue weighted by atomic mass is 32.1. The molecule has 4 rings (SSSR count). The average Bonchev–Trinajstić information content (AvgIpc) is 3.21. The third-order valence-electron chi connectivity index (χ3n) is 5.03. The van der Waals surface area contributed by atoms with Gasteiger partial charge >= 0.3 is 0 Å². The third-order valence-corrected chi connectivity index (χ3v) is 6.10. The summed E-state index contributed by atoms with van der Waals surface area (Å²) in [6, 6.07) is 7.90. The molecule has 7 nitrogen and oxygen atoms in total. The minimum Gasteiger partial charge on any atom is -0.497 e. The van der Waals surface area contributed by atoms with Gasteiger partial charge in [0.05, 0.1) is 30.2 Å². The Morgan fingerprint density at radius 1 is 1.32 bits per heavy atom. The van der Waals surface area contributed by atoms with Crippen LogP contribution >= 0.6 is 11.3 Å². The van der Waals surface area contributed by atoms with Gasteiger partial charge in [0.2, 0.25) is 10.8 Å². The molecule has 1 saturated heterocycles. The molecule has 3 atom stereocenters. The molecule has 0 saturated carbocycles. The number of hydrogen-bond acceptors (Lipinski definition) is 7. The standard InChI is InChI=1S/C20H26N4O3S/c1-5-16-21-20-24(22-16)19(25)18(28-20)17(14-7-6-8-15(9-14)26-4)23-10-12(2)27-13(3)11-23/h6-9,12-13,17,25H,5,10-11H2,1-4H3/t12-,13-,17+/m1/s1. The van der Waals surface area contributed by atoms with Crippen molar-refractivity contribution in [2.45, 2.75) is 45.4 Å². The summed E-state index contributed by atoms with van der Waals surface area (Å²) in [7, 11) is 1.67. The van der Waals surface area contributed by atoms with Crippen LogP contribution in [0.2, 0.25) is 0 Å². The van der Waals surface area contributed by atoms with Gasteiger partial charge in [-0.3, -0.25) is 4.90 Å². The van der Waals surface area contributed by atoms with E-state index in [1.807, 2.05) is 25.1 Å². The Balaban J connectivity index is 1.82. The van der Waals surface area contributed by atoms with Gasteiger partial charge in [-0.15, -0.1) is 5.10 Å². The largest absolute Gasteiger partial charge is 0.497 e. The molecule has 0 unspecified atom stereocenters. The van der Waals surface area contributed by atoms with Gasteiger partial charge in [0.15, 0.2) is 5.82 Å². The van der Waals surface area contributed by atoms with E-state index in [4.69, 9.17) is 9.47 Å². The number of fused-ring (bicyclic) bond motifs is 1. The van der Waals surface area contributed by atoms with Gasteiger partial charge in [0.25, 0.3) is 0 Å². The summed E-state index contributed by atoms with van der Waals surface area (Å²) in [4.78, 5) is 8.45. The quantitative estimate of drug-likeness (QED) is 0.706.